The van der Waals surface area contributed by atoms with Crippen molar-refractivity contribution >= 4 is 27.3 Å². The molecule has 0 saturated heterocycles. The lowest BCUT2D eigenvalue weighted by atomic mass is 10.2. The normalized spacial score (nSPS) is 12.6. The first-order valence-electron chi connectivity index (χ1n) is 5.73. The van der Waals surface area contributed by atoms with Crippen LogP contribution in [0.25, 0.3) is 11.4 Å². The van der Waals surface area contributed by atoms with E-state index >= 15 is 0 Å². The van der Waals surface area contributed by atoms with E-state index in [0.717, 1.165) is 4.88 Å². The first-order valence-corrected chi connectivity index (χ1v) is 7.40. The molecule has 3 aromatic rings. The minimum atomic E-state index is -0.449. The first-order chi connectivity index (χ1) is 9.65. The maximum absolute atomic E-state index is 13.1. The van der Waals surface area contributed by atoms with Gasteiger partial charge in [0.1, 0.15) is 11.9 Å². The third kappa shape index (κ3) is 2.52. The minimum Gasteiger partial charge on any atom is -0.337 e. The van der Waals surface area contributed by atoms with E-state index < -0.39 is 6.04 Å². The molecule has 0 aliphatic carbocycles. The highest BCUT2D eigenvalue weighted by Gasteiger charge is 2.19. The number of benzene rings is 1. The molecule has 1 aromatic carbocycles. The zero-order valence-corrected chi connectivity index (χ0v) is 12.5. The summed E-state index contributed by atoms with van der Waals surface area (Å²) in [6, 6.07) is 7.65. The van der Waals surface area contributed by atoms with Crippen LogP contribution in [0.2, 0.25) is 0 Å². The Kier molecular flexibility index (Phi) is 3.64. The SMILES string of the molecule is NC(c1nc(-c2ccc(F)cc2Br)no1)c1cccs1. The largest absolute Gasteiger partial charge is 0.337 e. The number of nitrogens with two attached hydrogens (primary N) is 1. The van der Waals surface area contributed by atoms with Crippen molar-refractivity contribution in [2.24, 2.45) is 5.73 Å². The third-order valence-electron chi connectivity index (χ3n) is 2.73. The van der Waals surface area contributed by atoms with Crippen molar-refractivity contribution in [2.45, 2.75) is 6.04 Å². The molecule has 2 aromatic heterocycles. The van der Waals surface area contributed by atoms with E-state index in [9.17, 15) is 4.39 Å². The van der Waals surface area contributed by atoms with Gasteiger partial charge in [0.05, 0.1) is 0 Å². The molecule has 0 fully saturated rings. The van der Waals surface area contributed by atoms with Gasteiger partial charge in [0.15, 0.2) is 0 Å². The molecule has 3 rings (SSSR count). The van der Waals surface area contributed by atoms with Gasteiger partial charge in [-0.2, -0.15) is 4.98 Å². The van der Waals surface area contributed by atoms with E-state index in [4.69, 9.17) is 10.3 Å². The summed E-state index contributed by atoms with van der Waals surface area (Å²) in [7, 11) is 0. The Labute approximate surface area is 126 Å². The molecular weight excluding hydrogens is 345 g/mol. The quantitative estimate of drug-likeness (QED) is 0.778. The lowest BCUT2D eigenvalue weighted by molar-refractivity contribution is 0.368. The Hall–Kier alpha value is -1.57. The fraction of sp³-hybridized carbons (Fsp3) is 0.0769. The number of thiophene rings is 1. The van der Waals surface area contributed by atoms with E-state index in [1.807, 2.05) is 17.5 Å². The second kappa shape index (κ2) is 5.43. The molecule has 20 heavy (non-hydrogen) atoms. The highest BCUT2D eigenvalue weighted by atomic mass is 79.9. The summed E-state index contributed by atoms with van der Waals surface area (Å²) in [4.78, 5) is 5.22. The number of hydrogen-bond donors (Lipinski definition) is 1. The molecule has 102 valence electrons. The van der Waals surface area contributed by atoms with Gasteiger partial charge >= 0.3 is 0 Å². The Morgan fingerprint density at radius 2 is 2.20 bits per heavy atom. The van der Waals surface area contributed by atoms with Crippen LogP contribution in [0.5, 0.6) is 0 Å². The van der Waals surface area contributed by atoms with Crippen LogP contribution in [0.15, 0.2) is 44.7 Å². The van der Waals surface area contributed by atoms with Crippen LogP contribution in [0, 0.1) is 5.82 Å². The van der Waals surface area contributed by atoms with Crippen LogP contribution < -0.4 is 5.73 Å². The molecule has 0 bridgehead atoms. The van der Waals surface area contributed by atoms with E-state index in [2.05, 4.69) is 26.1 Å². The third-order valence-corrected chi connectivity index (χ3v) is 4.34. The van der Waals surface area contributed by atoms with Crippen LogP contribution in [0.1, 0.15) is 16.8 Å². The standard InChI is InChI=1S/C13H9BrFN3OS/c14-9-6-7(15)3-4-8(9)12-17-13(19-18-12)11(16)10-2-1-5-20-10/h1-6,11H,16H2. The monoisotopic (exact) mass is 353 g/mol. The summed E-state index contributed by atoms with van der Waals surface area (Å²) in [6.07, 6.45) is 0. The molecule has 1 unspecified atom stereocenters. The Bertz CT molecular complexity index is 729. The maximum Gasteiger partial charge on any atom is 0.249 e. The topological polar surface area (TPSA) is 64.9 Å². The summed E-state index contributed by atoms with van der Waals surface area (Å²) in [5, 5.41) is 5.83. The van der Waals surface area contributed by atoms with Gasteiger partial charge in [0, 0.05) is 14.9 Å². The minimum absolute atomic E-state index is 0.332. The van der Waals surface area contributed by atoms with Crippen molar-refractivity contribution in [1.82, 2.24) is 10.1 Å². The van der Waals surface area contributed by atoms with Crippen LogP contribution in [-0.2, 0) is 0 Å². The Morgan fingerprint density at radius 3 is 2.90 bits per heavy atom. The van der Waals surface area contributed by atoms with Gasteiger partial charge in [0.2, 0.25) is 11.7 Å². The van der Waals surface area contributed by atoms with Gasteiger partial charge in [0.25, 0.3) is 0 Å². The Morgan fingerprint density at radius 1 is 1.35 bits per heavy atom. The number of nitrogens with zero attached hydrogens (tertiary/aromatic N) is 2. The van der Waals surface area contributed by atoms with Crippen molar-refractivity contribution in [2.75, 3.05) is 0 Å². The fourth-order valence-corrected chi connectivity index (χ4v) is 2.98. The van der Waals surface area contributed by atoms with Crippen LogP contribution >= 0.6 is 27.3 Å². The zero-order chi connectivity index (χ0) is 14.1. The molecule has 0 saturated carbocycles. The number of rotatable bonds is 3. The zero-order valence-electron chi connectivity index (χ0n) is 10.1. The molecule has 0 spiro atoms. The van der Waals surface area contributed by atoms with Crippen molar-refractivity contribution in [3.05, 3.63) is 56.8 Å². The predicted molar refractivity (Wildman–Crippen MR) is 77.7 cm³/mol. The number of aromatic nitrogens is 2. The van der Waals surface area contributed by atoms with Gasteiger partial charge in [-0.1, -0.05) is 11.2 Å². The predicted octanol–water partition coefficient (Wildman–Crippen LogP) is 3.75. The van der Waals surface area contributed by atoms with E-state index in [1.54, 1.807) is 6.07 Å². The second-order valence-corrected chi connectivity index (χ2v) is 5.91. The molecule has 1 atom stereocenters. The highest BCUT2D eigenvalue weighted by Crippen LogP contribution is 2.29. The molecule has 0 aliphatic heterocycles. The first kappa shape index (κ1) is 13.4. The molecule has 4 nitrogen and oxygen atoms in total. The van der Waals surface area contributed by atoms with Crippen LogP contribution in [-0.4, -0.2) is 10.1 Å². The summed E-state index contributed by atoms with van der Waals surface area (Å²) in [5.41, 5.74) is 6.71. The summed E-state index contributed by atoms with van der Waals surface area (Å²) < 4.78 is 18.8. The average molecular weight is 354 g/mol. The van der Waals surface area contributed by atoms with Crippen LogP contribution in [0.3, 0.4) is 0 Å². The molecule has 0 radical (unpaired) electrons. The van der Waals surface area contributed by atoms with Gasteiger partial charge in [-0.3, -0.25) is 0 Å². The molecule has 2 heterocycles. The summed E-state index contributed by atoms with van der Waals surface area (Å²) in [5.74, 6) is 0.372. The molecule has 0 amide bonds. The molecule has 0 aliphatic rings. The van der Waals surface area contributed by atoms with Crippen molar-refractivity contribution in [3.8, 4) is 11.4 Å². The second-order valence-electron chi connectivity index (χ2n) is 4.07. The average Bonchev–Trinajstić information content (AvgIpc) is 3.09. The lowest BCUT2D eigenvalue weighted by Crippen LogP contribution is -2.10. The van der Waals surface area contributed by atoms with Crippen molar-refractivity contribution < 1.29 is 8.91 Å². The molecule has 2 N–H and O–H groups in total. The number of hydrogen-bond acceptors (Lipinski definition) is 5. The van der Waals surface area contributed by atoms with E-state index in [1.165, 1.54) is 23.5 Å². The highest BCUT2D eigenvalue weighted by molar-refractivity contribution is 9.10. The van der Waals surface area contributed by atoms with Gasteiger partial charge < -0.3 is 10.3 Å². The van der Waals surface area contributed by atoms with Gasteiger partial charge in [-0.25, -0.2) is 4.39 Å². The fourth-order valence-electron chi connectivity index (χ4n) is 1.73. The molecular formula is C13H9BrFN3OS. The van der Waals surface area contributed by atoms with Crippen molar-refractivity contribution in [1.29, 1.82) is 0 Å². The van der Waals surface area contributed by atoms with E-state index in [0.29, 0.717) is 21.8 Å². The van der Waals surface area contributed by atoms with Crippen molar-refractivity contribution in [3.63, 3.8) is 0 Å². The van der Waals surface area contributed by atoms with Gasteiger partial charge in [-0.15, -0.1) is 11.3 Å². The summed E-state index contributed by atoms with van der Waals surface area (Å²) >= 11 is 4.80. The van der Waals surface area contributed by atoms with Gasteiger partial charge in [-0.05, 0) is 45.6 Å². The number of halogens is 2. The lowest BCUT2D eigenvalue weighted by Gasteiger charge is -2.02. The van der Waals surface area contributed by atoms with Crippen LogP contribution in [0.4, 0.5) is 4.39 Å². The molecule has 7 heteroatoms. The smallest absolute Gasteiger partial charge is 0.249 e. The van der Waals surface area contributed by atoms with E-state index in [-0.39, 0.29) is 5.82 Å². The summed E-state index contributed by atoms with van der Waals surface area (Å²) in [6.45, 7) is 0. The maximum atomic E-state index is 13.1. The Balaban J connectivity index is 1.94.